The Morgan fingerprint density at radius 2 is 1.70 bits per heavy atom. The number of rotatable bonds is 18. The van der Waals surface area contributed by atoms with E-state index in [1.807, 2.05) is 23.0 Å². The molecule has 8 heterocycles. The van der Waals surface area contributed by atoms with Crippen LogP contribution in [0.4, 0.5) is 23.1 Å². The highest BCUT2D eigenvalue weighted by Crippen LogP contribution is 2.35. The molecule has 4 fully saturated rings. The fraction of sp³-hybridized carbons (Fsp3) is 0.489. The first kappa shape index (κ1) is 44.5. The van der Waals surface area contributed by atoms with Crippen molar-refractivity contribution in [1.82, 2.24) is 54.4 Å². The zero-order valence-corrected chi connectivity index (χ0v) is 38.3. The van der Waals surface area contributed by atoms with Crippen molar-refractivity contribution in [2.24, 2.45) is 5.92 Å². The number of amides is 4. The minimum Gasteiger partial charge on any atom is -0.380 e. The van der Waals surface area contributed by atoms with Crippen LogP contribution in [0.1, 0.15) is 72.7 Å². The van der Waals surface area contributed by atoms with Gasteiger partial charge in [-0.3, -0.25) is 39.0 Å². The SMILES string of the molecule is CC(C)n1nc(N2CC(CNCCCOCCN3CCN(c4ccc5c(c4)C(=O)N(C4CCC(=O)NC4=O)C5=O)CC3)C2)c2cnc(Nc3ccnc(-c4cnn(S(=O)(=O)C5CC5)c4)n3)cc21. The molecule has 1 saturated carbocycles. The summed E-state index contributed by atoms with van der Waals surface area (Å²) in [5.74, 6) is 0.906. The number of hydrogen-bond acceptors (Lipinski definition) is 17. The minimum absolute atomic E-state index is 0.0878. The first-order valence-corrected chi connectivity index (χ1v) is 24.6. The first-order valence-electron chi connectivity index (χ1n) is 23.1. The number of benzene rings is 1. The van der Waals surface area contributed by atoms with Gasteiger partial charge in [0.05, 0.1) is 51.8 Å². The number of anilines is 4. The third kappa shape index (κ3) is 9.09. The van der Waals surface area contributed by atoms with Gasteiger partial charge in [0, 0.05) is 101 Å². The molecule has 5 aliphatic rings. The van der Waals surface area contributed by atoms with Gasteiger partial charge in [-0.15, -0.1) is 0 Å². The van der Waals surface area contributed by atoms with E-state index >= 15 is 0 Å². The van der Waals surface area contributed by atoms with E-state index in [1.165, 1.54) is 12.4 Å². The molecule has 4 aliphatic heterocycles. The second kappa shape index (κ2) is 18.4. The summed E-state index contributed by atoms with van der Waals surface area (Å²) >= 11 is 0. The number of aromatic nitrogens is 7. The minimum atomic E-state index is -3.49. The van der Waals surface area contributed by atoms with Crippen LogP contribution in [0.3, 0.4) is 0 Å². The van der Waals surface area contributed by atoms with Gasteiger partial charge in [-0.05, 0) is 70.3 Å². The second-order valence-corrected chi connectivity index (χ2v) is 20.2. The van der Waals surface area contributed by atoms with Crippen molar-refractivity contribution in [3.05, 3.63) is 66.2 Å². The monoisotopic (exact) mass is 934 g/mol. The van der Waals surface area contributed by atoms with Gasteiger partial charge in [0.25, 0.3) is 21.8 Å². The molecule has 1 atom stereocenters. The summed E-state index contributed by atoms with van der Waals surface area (Å²) in [6.07, 6.45) is 8.84. The van der Waals surface area contributed by atoms with Crippen LogP contribution in [0.5, 0.6) is 0 Å². The van der Waals surface area contributed by atoms with Crippen molar-refractivity contribution < 1.29 is 32.3 Å². The Balaban J connectivity index is 0.629. The van der Waals surface area contributed by atoms with Crippen molar-refractivity contribution in [2.45, 2.75) is 63.3 Å². The molecule has 4 amide bonds. The number of carbonyl (C=O) groups is 4. The molecule has 5 aromatic rings. The number of fused-ring (bicyclic) bond motifs is 2. The fourth-order valence-corrected chi connectivity index (χ4v) is 10.6. The van der Waals surface area contributed by atoms with Gasteiger partial charge < -0.3 is 25.2 Å². The van der Waals surface area contributed by atoms with E-state index < -0.39 is 39.7 Å². The topological polar surface area (TPSA) is 235 Å². The van der Waals surface area contributed by atoms with Crippen molar-refractivity contribution in [1.29, 1.82) is 0 Å². The molecule has 0 spiro atoms. The number of piperidine rings is 1. The number of imide groups is 2. The quantitative estimate of drug-likeness (QED) is 0.0845. The highest BCUT2D eigenvalue weighted by Gasteiger charge is 2.45. The molecular formula is C45H54N14O7S. The molecular weight excluding hydrogens is 881 g/mol. The Bertz CT molecular complexity index is 2830. The van der Waals surface area contributed by atoms with E-state index in [4.69, 9.17) is 14.8 Å². The summed E-state index contributed by atoms with van der Waals surface area (Å²) in [5, 5.41) is 18.8. The first-order chi connectivity index (χ1) is 32.4. The number of pyridine rings is 1. The molecule has 4 aromatic heterocycles. The number of carbonyl (C=O) groups excluding carboxylic acids is 4. The van der Waals surface area contributed by atoms with Crippen molar-refractivity contribution >= 4 is 67.7 Å². The number of piperazine rings is 1. The molecule has 21 nitrogen and oxygen atoms in total. The lowest BCUT2D eigenvalue weighted by Crippen LogP contribution is -2.54. The molecule has 352 valence electrons. The van der Waals surface area contributed by atoms with Gasteiger partial charge in [0.2, 0.25) is 11.8 Å². The van der Waals surface area contributed by atoms with Crippen LogP contribution in [0.15, 0.2) is 55.1 Å². The normalized spacial score (nSPS) is 19.4. The van der Waals surface area contributed by atoms with Crippen LogP contribution in [0, 0.1) is 5.92 Å². The summed E-state index contributed by atoms with van der Waals surface area (Å²) in [6, 6.07) is 8.14. The maximum Gasteiger partial charge on any atom is 0.262 e. The Kier molecular flexibility index (Phi) is 12.2. The van der Waals surface area contributed by atoms with E-state index in [0.29, 0.717) is 60.6 Å². The average Bonchev–Trinajstić information content (AvgIpc) is 3.86. The smallest absolute Gasteiger partial charge is 0.262 e. The van der Waals surface area contributed by atoms with Crippen molar-refractivity contribution in [2.75, 3.05) is 87.2 Å². The van der Waals surface area contributed by atoms with Crippen LogP contribution in [0.25, 0.3) is 22.3 Å². The van der Waals surface area contributed by atoms with Crippen LogP contribution in [-0.2, 0) is 24.3 Å². The third-order valence-corrected chi connectivity index (χ3v) is 15.1. The van der Waals surface area contributed by atoms with E-state index in [0.717, 1.165) is 96.7 Å². The van der Waals surface area contributed by atoms with Crippen LogP contribution in [0.2, 0.25) is 0 Å². The number of nitrogens with zero attached hydrogens (tertiary/aromatic N) is 11. The van der Waals surface area contributed by atoms with Gasteiger partial charge in [-0.1, -0.05) is 0 Å². The number of ether oxygens (including phenoxy) is 1. The lowest BCUT2D eigenvalue weighted by Gasteiger charge is -2.39. The average molecular weight is 935 g/mol. The largest absolute Gasteiger partial charge is 0.380 e. The zero-order chi connectivity index (χ0) is 46.4. The third-order valence-electron chi connectivity index (χ3n) is 13.0. The summed E-state index contributed by atoms with van der Waals surface area (Å²) in [5.41, 5.74) is 2.92. The van der Waals surface area contributed by atoms with E-state index in [-0.39, 0.29) is 29.7 Å². The lowest BCUT2D eigenvalue weighted by atomic mass is 10.00. The predicted molar refractivity (Wildman–Crippen MR) is 248 cm³/mol. The molecule has 67 heavy (non-hydrogen) atoms. The van der Waals surface area contributed by atoms with Gasteiger partial charge in [0.1, 0.15) is 17.7 Å². The van der Waals surface area contributed by atoms with E-state index in [9.17, 15) is 27.6 Å². The van der Waals surface area contributed by atoms with Crippen LogP contribution in [-0.4, -0.2) is 159 Å². The van der Waals surface area contributed by atoms with Gasteiger partial charge in [-0.25, -0.2) is 23.4 Å². The molecule has 22 heteroatoms. The van der Waals surface area contributed by atoms with Crippen molar-refractivity contribution in [3.8, 4) is 11.4 Å². The summed E-state index contributed by atoms with van der Waals surface area (Å²) in [4.78, 5) is 72.0. The Morgan fingerprint density at radius 1 is 0.896 bits per heavy atom. The maximum atomic E-state index is 13.3. The summed E-state index contributed by atoms with van der Waals surface area (Å²) < 4.78 is 34.3. The highest BCUT2D eigenvalue weighted by molar-refractivity contribution is 7.90. The standard InChI is InChI=1S/C45H54N14O7S/c1-28(2)59-37-21-39(50-38-10-12-47-41(51-38)30-23-49-57(27-30)67(64,65)32-5-6-32)48-24-35(37)42(53-59)56-25-29(26-56)22-46-11-3-18-66-19-17-54-13-15-55(16-14-54)31-4-7-33-34(20-31)45(63)58(44(33)62)36-8-9-40(60)52-43(36)61/h4,7,10,12,20-21,23-24,27-29,32,36,46H,3,5-6,8-9,11,13-19,22,25-26H2,1-2H3,(H,52,60,61)(H,47,48,50,51). The Hall–Kier alpha value is -6.36. The predicted octanol–water partition coefficient (Wildman–Crippen LogP) is 2.41. The number of hydrogen-bond donors (Lipinski definition) is 3. The second-order valence-electron chi connectivity index (χ2n) is 18.1. The molecule has 1 aliphatic carbocycles. The molecule has 1 aromatic carbocycles. The van der Waals surface area contributed by atoms with Gasteiger partial charge >= 0.3 is 0 Å². The molecule has 10 rings (SSSR count). The molecule has 3 saturated heterocycles. The van der Waals surface area contributed by atoms with Gasteiger partial charge in [-0.2, -0.15) is 14.3 Å². The number of nitrogens with one attached hydrogen (secondary N) is 3. The van der Waals surface area contributed by atoms with Crippen molar-refractivity contribution in [3.63, 3.8) is 0 Å². The molecule has 1 unspecified atom stereocenters. The molecule has 3 N–H and O–H groups in total. The van der Waals surface area contributed by atoms with E-state index in [2.05, 4.69) is 59.6 Å². The Labute approximate surface area is 387 Å². The van der Waals surface area contributed by atoms with Gasteiger partial charge in [0.15, 0.2) is 11.6 Å². The summed E-state index contributed by atoms with van der Waals surface area (Å²) in [7, 11) is -3.49. The maximum absolute atomic E-state index is 13.3. The Morgan fingerprint density at radius 3 is 2.48 bits per heavy atom. The highest BCUT2D eigenvalue weighted by atomic mass is 32.2. The van der Waals surface area contributed by atoms with Crippen LogP contribution >= 0.6 is 0 Å². The lowest BCUT2D eigenvalue weighted by molar-refractivity contribution is -0.136. The summed E-state index contributed by atoms with van der Waals surface area (Å²) in [6.45, 7) is 13.2. The fourth-order valence-electron chi connectivity index (χ4n) is 9.15. The van der Waals surface area contributed by atoms with E-state index in [1.54, 1.807) is 24.4 Å². The van der Waals surface area contributed by atoms with Crippen LogP contribution < -0.4 is 25.8 Å². The molecule has 0 radical (unpaired) electrons. The molecule has 0 bridgehead atoms. The zero-order valence-electron chi connectivity index (χ0n) is 37.5.